The second kappa shape index (κ2) is 3.74. The van der Waals surface area contributed by atoms with Crippen LogP contribution < -0.4 is 0 Å². The van der Waals surface area contributed by atoms with Crippen LogP contribution in [0.1, 0.15) is 28.7 Å². The van der Waals surface area contributed by atoms with E-state index >= 15 is 0 Å². The molecule has 1 nitrogen and oxygen atoms in total. The second-order valence-corrected chi connectivity index (χ2v) is 4.51. The molecule has 0 atom stereocenters. The molecule has 0 radical (unpaired) electrons. The lowest BCUT2D eigenvalue weighted by molar-refractivity contribution is 0.172. The maximum atomic E-state index is 2.52. The van der Waals surface area contributed by atoms with E-state index in [4.69, 9.17) is 0 Å². The number of benzene rings is 1. The first-order chi connectivity index (χ1) is 6.66. The van der Waals surface area contributed by atoms with Crippen molar-refractivity contribution >= 4 is 0 Å². The Labute approximate surface area is 86.7 Å². The normalized spacial score (nSPS) is 16.8. The van der Waals surface area contributed by atoms with Gasteiger partial charge in [0.05, 0.1) is 0 Å². The highest BCUT2D eigenvalue weighted by molar-refractivity contribution is 5.37. The van der Waals surface area contributed by atoms with Crippen molar-refractivity contribution in [3.63, 3.8) is 0 Å². The molecule has 0 unspecified atom stereocenters. The molecular formula is C13H19N. The summed E-state index contributed by atoms with van der Waals surface area (Å²) in [4.78, 5) is 2.52. The van der Waals surface area contributed by atoms with E-state index < -0.39 is 0 Å². The molecule has 0 amide bonds. The molecule has 1 aromatic rings. The molecule has 0 bridgehead atoms. The van der Waals surface area contributed by atoms with Crippen molar-refractivity contribution in [2.75, 3.05) is 13.1 Å². The molecule has 1 saturated heterocycles. The Morgan fingerprint density at radius 3 is 2.07 bits per heavy atom. The van der Waals surface area contributed by atoms with Gasteiger partial charge in [-0.05, 0) is 57.0 Å². The Morgan fingerprint density at radius 2 is 1.64 bits per heavy atom. The fraction of sp³-hybridized carbons (Fsp3) is 0.538. The fourth-order valence-corrected chi connectivity index (χ4v) is 2.22. The molecule has 0 N–H and O–H groups in total. The number of hydrogen-bond donors (Lipinski definition) is 0. The van der Waals surface area contributed by atoms with Gasteiger partial charge in [0.15, 0.2) is 0 Å². The first kappa shape index (κ1) is 9.72. The SMILES string of the molecule is Cc1cc(C)c(CN2CCC2)c(C)c1. The molecule has 1 heterocycles. The lowest BCUT2D eigenvalue weighted by atomic mass is 9.98. The number of rotatable bonds is 2. The van der Waals surface area contributed by atoms with E-state index in [1.165, 1.54) is 41.8 Å². The van der Waals surface area contributed by atoms with Gasteiger partial charge >= 0.3 is 0 Å². The van der Waals surface area contributed by atoms with Crippen molar-refractivity contribution < 1.29 is 0 Å². The number of hydrogen-bond acceptors (Lipinski definition) is 1. The van der Waals surface area contributed by atoms with Crippen LogP contribution in [-0.2, 0) is 6.54 Å². The van der Waals surface area contributed by atoms with Crippen molar-refractivity contribution in [3.05, 3.63) is 34.4 Å². The summed E-state index contributed by atoms with van der Waals surface area (Å²) in [6, 6.07) is 4.59. The van der Waals surface area contributed by atoms with Crippen LogP contribution in [0.15, 0.2) is 12.1 Å². The van der Waals surface area contributed by atoms with Crippen molar-refractivity contribution in [1.29, 1.82) is 0 Å². The maximum absolute atomic E-state index is 2.52. The predicted octanol–water partition coefficient (Wildman–Crippen LogP) is 2.82. The molecule has 0 aromatic heterocycles. The summed E-state index contributed by atoms with van der Waals surface area (Å²) >= 11 is 0. The highest BCUT2D eigenvalue weighted by atomic mass is 15.2. The first-order valence-electron chi connectivity index (χ1n) is 5.46. The smallest absolute Gasteiger partial charge is 0.0239 e. The minimum absolute atomic E-state index is 1.15. The minimum Gasteiger partial charge on any atom is -0.299 e. The molecular weight excluding hydrogens is 170 g/mol. The highest BCUT2D eigenvalue weighted by Gasteiger charge is 2.15. The average Bonchev–Trinajstić information content (AvgIpc) is 1.98. The maximum Gasteiger partial charge on any atom is 0.0239 e. The van der Waals surface area contributed by atoms with E-state index in [-0.39, 0.29) is 0 Å². The zero-order valence-corrected chi connectivity index (χ0v) is 9.43. The van der Waals surface area contributed by atoms with Crippen LogP contribution in [0.3, 0.4) is 0 Å². The van der Waals surface area contributed by atoms with Gasteiger partial charge in [-0.3, -0.25) is 4.90 Å². The third kappa shape index (κ3) is 1.83. The third-order valence-corrected chi connectivity index (χ3v) is 3.17. The summed E-state index contributed by atoms with van der Waals surface area (Å²) in [6.07, 6.45) is 1.38. The summed E-state index contributed by atoms with van der Waals surface area (Å²) in [5, 5.41) is 0. The van der Waals surface area contributed by atoms with Gasteiger partial charge in [-0.25, -0.2) is 0 Å². The zero-order chi connectivity index (χ0) is 10.1. The van der Waals surface area contributed by atoms with Gasteiger partial charge in [0, 0.05) is 6.54 Å². The number of aryl methyl sites for hydroxylation is 3. The first-order valence-corrected chi connectivity index (χ1v) is 5.46. The van der Waals surface area contributed by atoms with Gasteiger partial charge in [0.2, 0.25) is 0 Å². The standard InChI is InChI=1S/C13H19N/c1-10-7-11(2)13(12(3)8-10)9-14-5-4-6-14/h7-8H,4-6,9H2,1-3H3. The van der Waals surface area contributed by atoms with Crippen LogP contribution >= 0.6 is 0 Å². The van der Waals surface area contributed by atoms with Crippen LogP contribution in [-0.4, -0.2) is 18.0 Å². The van der Waals surface area contributed by atoms with E-state index in [0.29, 0.717) is 0 Å². The molecule has 1 aromatic carbocycles. The summed E-state index contributed by atoms with van der Waals surface area (Å²) in [5.74, 6) is 0. The van der Waals surface area contributed by atoms with Crippen LogP contribution in [0.4, 0.5) is 0 Å². The predicted molar refractivity (Wildman–Crippen MR) is 60.5 cm³/mol. The molecule has 0 aliphatic carbocycles. The molecule has 1 aliphatic heterocycles. The quantitative estimate of drug-likeness (QED) is 0.691. The molecule has 1 heteroatoms. The highest BCUT2D eigenvalue weighted by Crippen LogP contribution is 2.20. The largest absolute Gasteiger partial charge is 0.299 e. The van der Waals surface area contributed by atoms with E-state index in [9.17, 15) is 0 Å². The summed E-state index contributed by atoms with van der Waals surface area (Å²) in [7, 11) is 0. The monoisotopic (exact) mass is 189 g/mol. The molecule has 2 rings (SSSR count). The van der Waals surface area contributed by atoms with Crippen molar-refractivity contribution in [3.8, 4) is 0 Å². The molecule has 0 saturated carbocycles. The third-order valence-electron chi connectivity index (χ3n) is 3.17. The second-order valence-electron chi connectivity index (χ2n) is 4.51. The van der Waals surface area contributed by atoms with E-state index in [1.807, 2.05) is 0 Å². The Balaban J connectivity index is 2.22. The van der Waals surface area contributed by atoms with Crippen LogP contribution in [0.2, 0.25) is 0 Å². The van der Waals surface area contributed by atoms with Crippen molar-refractivity contribution in [2.45, 2.75) is 33.7 Å². The Hall–Kier alpha value is -0.820. The Kier molecular flexibility index (Phi) is 2.60. The molecule has 1 fully saturated rings. The van der Waals surface area contributed by atoms with Gasteiger partial charge in [-0.1, -0.05) is 17.7 Å². The summed E-state index contributed by atoms with van der Waals surface area (Å²) in [6.45, 7) is 10.4. The fourth-order valence-electron chi connectivity index (χ4n) is 2.22. The average molecular weight is 189 g/mol. The van der Waals surface area contributed by atoms with Gasteiger partial charge in [0.25, 0.3) is 0 Å². The minimum atomic E-state index is 1.15. The molecule has 14 heavy (non-hydrogen) atoms. The van der Waals surface area contributed by atoms with Crippen molar-refractivity contribution in [2.24, 2.45) is 0 Å². The number of nitrogens with zero attached hydrogens (tertiary/aromatic N) is 1. The zero-order valence-electron chi connectivity index (χ0n) is 9.43. The van der Waals surface area contributed by atoms with Crippen LogP contribution in [0, 0.1) is 20.8 Å². The summed E-state index contributed by atoms with van der Waals surface area (Å²) in [5.41, 5.74) is 5.83. The molecule has 1 aliphatic rings. The van der Waals surface area contributed by atoms with Crippen molar-refractivity contribution in [1.82, 2.24) is 4.90 Å². The van der Waals surface area contributed by atoms with Gasteiger partial charge in [-0.2, -0.15) is 0 Å². The van der Waals surface area contributed by atoms with E-state index in [0.717, 1.165) is 6.54 Å². The molecule has 76 valence electrons. The Bertz CT molecular complexity index is 314. The van der Waals surface area contributed by atoms with Crippen LogP contribution in [0.5, 0.6) is 0 Å². The van der Waals surface area contributed by atoms with Gasteiger partial charge < -0.3 is 0 Å². The lowest BCUT2D eigenvalue weighted by Gasteiger charge is -2.31. The lowest BCUT2D eigenvalue weighted by Crippen LogP contribution is -2.36. The van der Waals surface area contributed by atoms with Crippen LogP contribution in [0.25, 0.3) is 0 Å². The Morgan fingerprint density at radius 1 is 1.07 bits per heavy atom. The van der Waals surface area contributed by atoms with E-state index in [2.05, 4.69) is 37.8 Å². The topological polar surface area (TPSA) is 3.24 Å². The molecule has 0 spiro atoms. The number of likely N-dealkylation sites (tertiary alicyclic amines) is 1. The summed E-state index contributed by atoms with van der Waals surface area (Å²) < 4.78 is 0. The van der Waals surface area contributed by atoms with E-state index in [1.54, 1.807) is 0 Å². The van der Waals surface area contributed by atoms with Gasteiger partial charge in [-0.15, -0.1) is 0 Å². The van der Waals surface area contributed by atoms with Gasteiger partial charge in [0.1, 0.15) is 0 Å².